The Kier molecular flexibility index (Phi) is 5.91. The van der Waals surface area contributed by atoms with Crippen molar-refractivity contribution in [2.75, 3.05) is 30.9 Å². The maximum atomic E-state index is 6.52. The van der Waals surface area contributed by atoms with Crippen LogP contribution < -0.4 is 10.6 Å². The number of benzene rings is 2. The average molecular weight is 433 g/mol. The lowest BCUT2D eigenvalue weighted by Gasteiger charge is -2.30. The molecule has 1 aliphatic heterocycles. The van der Waals surface area contributed by atoms with Gasteiger partial charge >= 0.3 is 0 Å². The molecule has 0 saturated carbocycles. The third-order valence-electron chi connectivity index (χ3n) is 5.75. The summed E-state index contributed by atoms with van der Waals surface area (Å²) in [5.41, 5.74) is 11.3. The van der Waals surface area contributed by atoms with Gasteiger partial charge in [-0.15, -0.1) is 0 Å². The largest absolute Gasteiger partial charge is 0.397 e. The molecular formula is C22H26Cl2N4O. The van der Waals surface area contributed by atoms with E-state index in [1.165, 1.54) is 5.56 Å². The van der Waals surface area contributed by atoms with Crippen molar-refractivity contribution in [1.29, 1.82) is 0 Å². The molecule has 1 aromatic heterocycles. The van der Waals surface area contributed by atoms with Gasteiger partial charge in [0, 0.05) is 31.8 Å². The van der Waals surface area contributed by atoms with Gasteiger partial charge in [0.25, 0.3) is 0 Å². The van der Waals surface area contributed by atoms with E-state index in [1.807, 2.05) is 18.2 Å². The fourth-order valence-electron chi connectivity index (χ4n) is 4.27. The van der Waals surface area contributed by atoms with Gasteiger partial charge < -0.3 is 19.9 Å². The number of halogens is 2. The lowest BCUT2D eigenvalue weighted by atomic mass is 9.92. The lowest BCUT2D eigenvalue weighted by Crippen LogP contribution is -2.28. The minimum Gasteiger partial charge on any atom is -0.397 e. The summed E-state index contributed by atoms with van der Waals surface area (Å²) in [4.78, 5) is 7.14. The molecule has 2 N–H and O–H groups in total. The number of hydrogen-bond acceptors (Lipinski definition) is 4. The highest BCUT2D eigenvalue weighted by Crippen LogP contribution is 2.41. The Morgan fingerprint density at radius 2 is 2.03 bits per heavy atom. The van der Waals surface area contributed by atoms with Gasteiger partial charge in [-0.3, -0.25) is 0 Å². The summed E-state index contributed by atoms with van der Waals surface area (Å²) < 4.78 is 7.64. The zero-order chi connectivity index (χ0) is 20.5. The van der Waals surface area contributed by atoms with Gasteiger partial charge in [0.2, 0.25) is 5.95 Å². The first-order valence-electron chi connectivity index (χ1n) is 10.0. The van der Waals surface area contributed by atoms with Crippen LogP contribution in [-0.2, 0) is 11.3 Å². The average Bonchev–Trinajstić information content (AvgIpc) is 3.11. The van der Waals surface area contributed by atoms with Gasteiger partial charge in [-0.05, 0) is 55.0 Å². The predicted octanol–water partition coefficient (Wildman–Crippen LogP) is 6.00. The number of imidazole rings is 1. The standard InChI is InChI=1S/C22H26Cl2N4O/c1-3-14(9-12-29-2)16-6-7-18(25)20-21(16)28-11-4-10-27(22(28)26-20)19-8-5-15(23)13-17(19)24/h5-8,13-14H,3-4,9-12,25H2,1-2H3. The van der Waals surface area contributed by atoms with Crippen molar-refractivity contribution in [3.63, 3.8) is 0 Å². The van der Waals surface area contributed by atoms with Gasteiger partial charge in [-0.1, -0.05) is 36.2 Å². The number of nitrogens with two attached hydrogens (primary N) is 1. The van der Waals surface area contributed by atoms with E-state index in [0.29, 0.717) is 21.7 Å². The molecule has 0 saturated heterocycles. The van der Waals surface area contributed by atoms with E-state index in [2.05, 4.69) is 22.5 Å². The van der Waals surface area contributed by atoms with Gasteiger partial charge in [0.05, 0.1) is 21.9 Å². The molecule has 7 heteroatoms. The van der Waals surface area contributed by atoms with Crippen LogP contribution in [0.25, 0.3) is 11.0 Å². The third-order valence-corrected chi connectivity index (χ3v) is 6.28. The number of methoxy groups -OCH3 is 1. The molecule has 1 atom stereocenters. The summed E-state index contributed by atoms with van der Waals surface area (Å²) in [6, 6.07) is 9.73. The third kappa shape index (κ3) is 3.67. The summed E-state index contributed by atoms with van der Waals surface area (Å²) in [7, 11) is 1.75. The molecule has 0 amide bonds. The zero-order valence-electron chi connectivity index (χ0n) is 16.8. The Morgan fingerprint density at radius 1 is 1.21 bits per heavy atom. The topological polar surface area (TPSA) is 56.3 Å². The molecule has 2 heterocycles. The van der Waals surface area contributed by atoms with E-state index in [1.54, 1.807) is 13.2 Å². The second kappa shape index (κ2) is 8.42. The molecule has 1 unspecified atom stereocenters. The van der Waals surface area contributed by atoms with Crippen LogP contribution >= 0.6 is 23.2 Å². The van der Waals surface area contributed by atoms with Crippen LogP contribution in [0.5, 0.6) is 0 Å². The molecule has 2 aromatic carbocycles. The van der Waals surface area contributed by atoms with Gasteiger partial charge in [-0.25, -0.2) is 4.98 Å². The fourth-order valence-corrected chi connectivity index (χ4v) is 4.79. The van der Waals surface area contributed by atoms with Crippen molar-refractivity contribution in [2.45, 2.75) is 38.6 Å². The molecule has 5 nitrogen and oxygen atoms in total. The highest BCUT2D eigenvalue weighted by molar-refractivity contribution is 6.36. The van der Waals surface area contributed by atoms with Crippen LogP contribution in [0.4, 0.5) is 17.3 Å². The highest BCUT2D eigenvalue weighted by atomic mass is 35.5. The summed E-state index contributed by atoms with van der Waals surface area (Å²) in [6.07, 6.45) is 3.01. The first kappa shape index (κ1) is 20.3. The Balaban J connectivity index is 1.88. The van der Waals surface area contributed by atoms with Gasteiger partial charge in [-0.2, -0.15) is 0 Å². The van der Waals surface area contributed by atoms with E-state index in [9.17, 15) is 0 Å². The molecular weight excluding hydrogens is 407 g/mol. The molecule has 0 fully saturated rings. The molecule has 154 valence electrons. The van der Waals surface area contributed by atoms with Crippen molar-refractivity contribution < 1.29 is 4.74 Å². The molecule has 0 spiro atoms. The van der Waals surface area contributed by atoms with Crippen molar-refractivity contribution in [3.05, 3.63) is 45.9 Å². The molecule has 0 bridgehead atoms. The number of fused-ring (bicyclic) bond motifs is 3. The molecule has 4 rings (SSSR count). The number of rotatable bonds is 6. The Labute approximate surface area is 181 Å². The van der Waals surface area contributed by atoms with Crippen LogP contribution in [0.1, 0.15) is 37.7 Å². The SMILES string of the molecule is CCC(CCOC)c1ccc(N)c2nc3n(c12)CCCN3c1ccc(Cl)cc1Cl. The zero-order valence-corrected chi connectivity index (χ0v) is 18.3. The van der Waals surface area contributed by atoms with Crippen LogP contribution in [0, 0.1) is 0 Å². The predicted molar refractivity (Wildman–Crippen MR) is 122 cm³/mol. The Morgan fingerprint density at radius 3 is 2.76 bits per heavy atom. The van der Waals surface area contributed by atoms with Crippen LogP contribution in [0.15, 0.2) is 30.3 Å². The van der Waals surface area contributed by atoms with E-state index in [4.69, 9.17) is 38.7 Å². The second-order valence-electron chi connectivity index (χ2n) is 7.49. The minimum atomic E-state index is 0.397. The number of hydrogen-bond donors (Lipinski definition) is 1. The van der Waals surface area contributed by atoms with Crippen molar-refractivity contribution in [1.82, 2.24) is 9.55 Å². The van der Waals surface area contributed by atoms with Crippen LogP contribution in [0.3, 0.4) is 0 Å². The van der Waals surface area contributed by atoms with E-state index >= 15 is 0 Å². The minimum absolute atomic E-state index is 0.397. The normalized spacial score (nSPS) is 15.0. The molecule has 0 aliphatic carbocycles. The van der Waals surface area contributed by atoms with Crippen LogP contribution in [0.2, 0.25) is 10.0 Å². The van der Waals surface area contributed by atoms with Gasteiger partial charge in [0.1, 0.15) is 5.52 Å². The summed E-state index contributed by atoms with van der Waals surface area (Å²) in [5.74, 6) is 1.28. The van der Waals surface area contributed by atoms with E-state index in [-0.39, 0.29) is 0 Å². The van der Waals surface area contributed by atoms with Crippen molar-refractivity contribution >= 4 is 51.6 Å². The van der Waals surface area contributed by atoms with E-state index < -0.39 is 0 Å². The number of nitrogens with zero attached hydrogens (tertiary/aromatic N) is 3. The monoisotopic (exact) mass is 432 g/mol. The first-order chi connectivity index (χ1) is 14.0. The smallest absolute Gasteiger partial charge is 0.211 e. The molecule has 1 aliphatic rings. The number of aromatic nitrogens is 2. The number of ether oxygens (including phenoxy) is 1. The maximum Gasteiger partial charge on any atom is 0.211 e. The Bertz CT molecular complexity index is 1030. The number of aryl methyl sites for hydroxylation is 1. The first-order valence-corrected chi connectivity index (χ1v) is 10.8. The van der Waals surface area contributed by atoms with Gasteiger partial charge in [0.15, 0.2) is 0 Å². The highest BCUT2D eigenvalue weighted by Gasteiger charge is 2.27. The molecule has 29 heavy (non-hydrogen) atoms. The molecule has 0 radical (unpaired) electrons. The lowest BCUT2D eigenvalue weighted by molar-refractivity contribution is 0.187. The van der Waals surface area contributed by atoms with E-state index in [0.717, 1.165) is 61.6 Å². The number of anilines is 3. The number of nitrogen functional groups attached to an aromatic ring is 1. The fraction of sp³-hybridized carbons (Fsp3) is 0.409. The quantitative estimate of drug-likeness (QED) is 0.485. The maximum absolute atomic E-state index is 6.52. The van der Waals surface area contributed by atoms with Crippen molar-refractivity contribution in [3.8, 4) is 0 Å². The molecule has 3 aromatic rings. The summed E-state index contributed by atoms with van der Waals surface area (Å²) in [6.45, 7) is 4.71. The summed E-state index contributed by atoms with van der Waals surface area (Å²) >= 11 is 12.6. The van der Waals surface area contributed by atoms with Crippen molar-refractivity contribution in [2.24, 2.45) is 0 Å². The Hall–Kier alpha value is -1.95. The van der Waals surface area contributed by atoms with Crippen LogP contribution in [-0.4, -0.2) is 29.8 Å². The summed E-state index contributed by atoms with van der Waals surface area (Å²) in [5, 5.41) is 1.25. The second-order valence-corrected chi connectivity index (χ2v) is 8.34.